The fourth-order valence-electron chi connectivity index (χ4n) is 2.33. The first kappa shape index (κ1) is 15.1. The van der Waals surface area contributed by atoms with E-state index in [1.165, 1.54) is 0 Å². The second-order valence-electron chi connectivity index (χ2n) is 5.18. The molecule has 0 unspecified atom stereocenters. The number of carboxylic acid groups (broad SMARTS) is 2. The Bertz CT molecular complexity index is 547. The van der Waals surface area contributed by atoms with Gasteiger partial charge in [0.2, 0.25) is 0 Å². The molecule has 7 nitrogen and oxygen atoms in total. The van der Waals surface area contributed by atoms with Crippen LogP contribution in [0, 0.1) is 0 Å². The van der Waals surface area contributed by atoms with Crippen molar-refractivity contribution in [1.29, 1.82) is 0 Å². The first-order valence-corrected chi connectivity index (χ1v) is 6.91. The van der Waals surface area contributed by atoms with E-state index in [0.717, 1.165) is 19.3 Å². The van der Waals surface area contributed by atoms with E-state index in [4.69, 9.17) is 10.2 Å². The summed E-state index contributed by atoms with van der Waals surface area (Å²) in [4.78, 5) is 33.8. The molecule has 3 N–H and O–H groups in total. The van der Waals surface area contributed by atoms with Gasteiger partial charge in [-0.2, -0.15) is 0 Å². The van der Waals surface area contributed by atoms with Crippen molar-refractivity contribution in [3.8, 4) is 0 Å². The van der Waals surface area contributed by atoms with Crippen LogP contribution in [0.4, 0.5) is 0 Å². The molecule has 2 rings (SSSR count). The molecule has 0 bridgehead atoms. The summed E-state index contributed by atoms with van der Waals surface area (Å²) in [6, 6.07) is 2.49. The molecule has 1 atom stereocenters. The number of carbonyl (C=O) groups is 3. The minimum absolute atomic E-state index is 0.138. The van der Waals surface area contributed by atoms with Gasteiger partial charge in [0.05, 0.1) is 0 Å². The maximum absolute atomic E-state index is 12.2. The van der Waals surface area contributed by atoms with Crippen molar-refractivity contribution >= 4 is 17.8 Å². The lowest BCUT2D eigenvalue weighted by atomic mass is 9.93. The average Bonchev–Trinajstić information content (AvgIpc) is 2.80. The van der Waals surface area contributed by atoms with Gasteiger partial charge in [-0.05, 0) is 37.8 Å². The van der Waals surface area contributed by atoms with Gasteiger partial charge in [-0.3, -0.25) is 9.59 Å². The van der Waals surface area contributed by atoms with Crippen molar-refractivity contribution in [2.24, 2.45) is 0 Å². The molecule has 1 aromatic heterocycles. The summed E-state index contributed by atoms with van der Waals surface area (Å²) < 4.78 is 1.86. The number of amides is 1. The van der Waals surface area contributed by atoms with Gasteiger partial charge in [-0.1, -0.05) is 0 Å². The van der Waals surface area contributed by atoms with E-state index < -0.39 is 23.9 Å². The first-order chi connectivity index (χ1) is 9.99. The third-order valence-corrected chi connectivity index (χ3v) is 3.73. The van der Waals surface area contributed by atoms with Crippen LogP contribution in [-0.4, -0.2) is 38.7 Å². The SMILES string of the molecule is O=C(O)CC[C@H](NC(=O)c1cccn1C1CCC1)C(=O)O. The van der Waals surface area contributed by atoms with E-state index in [-0.39, 0.29) is 12.8 Å². The quantitative estimate of drug-likeness (QED) is 0.701. The predicted molar refractivity (Wildman–Crippen MR) is 73.1 cm³/mol. The molecule has 0 aromatic carbocycles. The Kier molecular flexibility index (Phi) is 4.62. The molecular formula is C14H18N2O5. The van der Waals surface area contributed by atoms with Crippen LogP contribution in [-0.2, 0) is 9.59 Å². The number of carbonyl (C=O) groups excluding carboxylic acids is 1. The number of nitrogens with zero attached hydrogens (tertiary/aromatic N) is 1. The molecule has 1 amide bonds. The van der Waals surface area contributed by atoms with Crippen LogP contribution >= 0.6 is 0 Å². The highest BCUT2D eigenvalue weighted by atomic mass is 16.4. The fraction of sp³-hybridized carbons (Fsp3) is 0.500. The molecule has 0 aliphatic heterocycles. The van der Waals surface area contributed by atoms with Crippen molar-refractivity contribution in [3.63, 3.8) is 0 Å². The highest BCUT2D eigenvalue weighted by Crippen LogP contribution is 2.32. The zero-order valence-electron chi connectivity index (χ0n) is 11.5. The molecule has 7 heteroatoms. The summed E-state index contributed by atoms with van der Waals surface area (Å²) in [6.45, 7) is 0. The highest BCUT2D eigenvalue weighted by molar-refractivity contribution is 5.95. The number of hydrogen-bond donors (Lipinski definition) is 3. The number of hydrogen-bond acceptors (Lipinski definition) is 3. The third-order valence-electron chi connectivity index (χ3n) is 3.73. The van der Waals surface area contributed by atoms with Crippen LogP contribution in [0.3, 0.4) is 0 Å². The maximum atomic E-state index is 12.2. The second-order valence-corrected chi connectivity index (χ2v) is 5.18. The summed E-state index contributed by atoms with van der Waals surface area (Å²) >= 11 is 0. The van der Waals surface area contributed by atoms with Crippen molar-refractivity contribution in [1.82, 2.24) is 9.88 Å². The van der Waals surface area contributed by atoms with Crippen LogP contribution < -0.4 is 5.32 Å². The molecular weight excluding hydrogens is 276 g/mol. The molecule has 0 spiro atoms. The molecule has 1 fully saturated rings. The Balaban J connectivity index is 2.03. The number of aromatic nitrogens is 1. The Hall–Kier alpha value is -2.31. The average molecular weight is 294 g/mol. The topological polar surface area (TPSA) is 109 Å². The van der Waals surface area contributed by atoms with Gasteiger partial charge in [0.25, 0.3) is 5.91 Å². The number of aliphatic carboxylic acids is 2. The van der Waals surface area contributed by atoms with Crippen LogP contribution in [0.1, 0.15) is 48.6 Å². The van der Waals surface area contributed by atoms with Crippen LogP contribution in [0.2, 0.25) is 0 Å². The second kappa shape index (κ2) is 6.43. The summed E-state index contributed by atoms with van der Waals surface area (Å²) in [6.07, 6.45) is 4.51. The van der Waals surface area contributed by atoms with Crippen molar-refractivity contribution in [2.75, 3.05) is 0 Å². The minimum atomic E-state index is -1.23. The zero-order chi connectivity index (χ0) is 15.4. The van der Waals surface area contributed by atoms with E-state index in [1.807, 2.05) is 10.8 Å². The Morgan fingerprint density at radius 2 is 2.05 bits per heavy atom. The van der Waals surface area contributed by atoms with Crippen LogP contribution in [0.15, 0.2) is 18.3 Å². The van der Waals surface area contributed by atoms with Crippen molar-refractivity contribution in [2.45, 2.75) is 44.2 Å². The molecule has 0 saturated heterocycles. The maximum Gasteiger partial charge on any atom is 0.326 e. The number of carboxylic acids is 2. The van der Waals surface area contributed by atoms with Crippen molar-refractivity contribution < 1.29 is 24.6 Å². The summed E-state index contributed by atoms with van der Waals surface area (Å²) in [5, 5.41) is 20.1. The number of rotatable bonds is 7. The van der Waals surface area contributed by atoms with E-state index in [2.05, 4.69) is 5.32 Å². The fourth-order valence-corrected chi connectivity index (χ4v) is 2.33. The number of nitrogens with one attached hydrogen (secondary N) is 1. The molecule has 1 aliphatic carbocycles. The van der Waals surface area contributed by atoms with Gasteiger partial charge in [-0.25, -0.2) is 4.79 Å². The monoisotopic (exact) mass is 294 g/mol. The standard InChI is InChI=1S/C14H18N2O5/c17-12(18)7-6-10(14(20)21)15-13(19)11-5-2-8-16(11)9-3-1-4-9/h2,5,8-10H,1,3-4,6-7H2,(H,15,19)(H,17,18)(H,20,21)/t10-/m0/s1. The van der Waals surface area contributed by atoms with Gasteiger partial charge in [0.1, 0.15) is 11.7 Å². The zero-order valence-corrected chi connectivity index (χ0v) is 11.5. The van der Waals surface area contributed by atoms with Gasteiger partial charge in [0.15, 0.2) is 0 Å². The van der Waals surface area contributed by atoms with Gasteiger partial charge in [-0.15, -0.1) is 0 Å². The van der Waals surface area contributed by atoms with Gasteiger partial charge >= 0.3 is 11.9 Å². The van der Waals surface area contributed by atoms with E-state index in [1.54, 1.807) is 12.1 Å². The first-order valence-electron chi connectivity index (χ1n) is 6.91. The summed E-state index contributed by atoms with van der Waals surface area (Å²) in [5.74, 6) is -2.80. The molecule has 1 aliphatic rings. The smallest absolute Gasteiger partial charge is 0.326 e. The largest absolute Gasteiger partial charge is 0.481 e. The van der Waals surface area contributed by atoms with Gasteiger partial charge < -0.3 is 20.1 Å². The third kappa shape index (κ3) is 3.62. The Morgan fingerprint density at radius 1 is 1.33 bits per heavy atom. The normalized spacial score (nSPS) is 16.0. The molecule has 1 heterocycles. The molecule has 114 valence electrons. The summed E-state index contributed by atoms with van der Waals surface area (Å²) in [7, 11) is 0. The molecule has 1 aromatic rings. The minimum Gasteiger partial charge on any atom is -0.481 e. The lowest BCUT2D eigenvalue weighted by Crippen LogP contribution is -2.42. The molecule has 1 saturated carbocycles. The van der Waals surface area contributed by atoms with Crippen molar-refractivity contribution in [3.05, 3.63) is 24.0 Å². The Labute approximate surface area is 121 Å². The van der Waals surface area contributed by atoms with E-state index >= 15 is 0 Å². The van der Waals surface area contributed by atoms with E-state index in [9.17, 15) is 14.4 Å². The lowest BCUT2D eigenvalue weighted by molar-refractivity contribution is -0.140. The summed E-state index contributed by atoms with van der Waals surface area (Å²) in [5.41, 5.74) is 0.418. The van der Waals surface area contributed by atoms with Crippen LogP contribution in [0.25, 0.3) is 0 Å². The Morgan fingerprint density at radius 3 is 2.57 bits per heavy atom. The van der Waals surface area contributed by atoms with Crippen LogP contribution in [0.5, 0.6) is 0 Å². The van der Waals surface area contributed by atoms with Gasteiger partial charge in [0, 0.05) is 18.7 Å². The predicted octanol–water partition coefficient (Wildman–Crippen LogP) is 1.26. The van der Waals surface area contributed by atoms with E-state index in [0.29, 0.717) is 11.7 Å². The molecule has 21 heavy (non-hydrogen) atoms. The molecule has 0 radical (unpaired) electrons. The highest BCUT2D eigenvalue weighted by Gasteiger charge is 2.26. The lowest BCUT2D eigenvalue weighted by Gasteiger charge is -2.29.